The van der Waals surface area contributed by atoms with Gasteiger partial charge >= 0.3 is 5.97 Å². The molecule has 0 radical (unpaired) electrons. The first kappa shape index (κ1) is 12.0. The quantitative estimate of drug-likeness (QED) is 0.772. The number of nitrogens with zero attached hydrogens (tertiary/aromatic N) is 2. The molecule has 0 fully saturated rings. The molecule has 0 amide bonds. The van der Waals surface area contributed by atoms with Crippen molar-refractivity contribution < 1.29 is 14.3 Å². The van der Waals surface area contributed by atoms with Crippen molar-refractivity contribution >= 4 is 5.97 Å². The molecule has 1 heterocycles. The molecule has 0 spiro atoms. The van der Waals surface area contributed by atoms with E-state index in [9.17, 15) is 4.79 Å². The molecule has 1 aromatic carbocycles. The molecule has 5 heteroatoms. The minimum Gasteiger partial charge on any atom is -0.497 e. The van der Waals surface area contributed by atoms with Crippen LogP contribution in [-0.2, 0) is 4.74 Å². The van der Waals surface area contributed by atoms with Crippen molar-refractivity contribution in [2.24, 2.45) is 0 Å². The fourth-order valence-corrected chi connectivity index (χ4v) is 1.48. The second-order valence-corrected chi connectivity index (χ2v) is 3.49. The van der Waals surface area contributed by atoms with Crippen LogP contribution in [0.15, 0.2) is 36.5 Å². The maximum Gasteiger partial charge on any atom is 0.356 e. The van der Waals surface area contributed by atoms with Crippen molar-refractivity contribution in [2.45, 2.75) is 0 Å². The lowest BCUT2D eigenvalue weighted by molar-refractivity contribution is 0.0594. The summed E-state index contributed by atoms with van der Waals surface area (Å²) in [5, 5.41) is 0. The number of benzene rings is 1. The standard InChI is InChI=1S/C13H12N2O3/c1-17-10-5-3-4-9(8-10)12-14-7-6-11(15-12)13(16)18-2/h3-8H,1-2H3. The number of rotatable bonds is 3. The highest BCUT2D eigenvalue weighted by Gasteiger charge is 2.09. The molecule has 0 aliphatic carbocycles. The molecular formula is C13H12N2O3. The monoisotopic (exact) mass is 244 g/mol. The van der Waals surface area contributed by atoms with Gasteiger partial charge < -0.3 is 9.47 Å². The predicted molar refractivity (Wildman–Crippen MR) is 65.4 cm³/mol. The lowest BCUT2D eigenvalue weighted by Crippen LogP contribution is -2.05. The van der Waals surface area contributed by atoms with E-state index in [2.05, 4.69) is 14.7 Å². The Morgan fingerprint density at radius 2 is 2.06 bits per heavy atom. The SMILES string of the molecule is COC(=O)c1ccnc(-c2cccc(OC)c2)n1. The van der Waals surface area contributed by atoms with Crippen LogP contribution in [0.2, 0.25) is 0 Å². The molecule has 18 heavy (non-hydrogen) atoms. The van der Waals surface area contributed by atoms with E-state index in [-0.39, 0.29) is 5.69 Å². The largest absolute Gasteiger partial charge is 0.497 e. The topological polar surface area (TPSA) is 61.3 Å². The molecule has 1 aromatic heterocycles. The van der Waals surface area contributed by atoms with E-state index in [4.69, 9.17) is 4.74 Å². The summed E-state index contributed by atoms with van der Waals surface area (Å²) in [5.41, 5.74) is 1.01. The highest BCUT2D eigenvalue weighted by Crippen LogP contribution is 2.20. The van der Waals surface area contributed by atoms with Crippen molar-refractivity contribution in [3.63, 3.8) is 0 Å². The number of aromatic nitrogens is 2. The van der Waals surface area contributed by atoms with E-state index >= 15 is 0 Å². The maximum absolute atomic E-state index is 11.4. The molecular weight excluding hydrogens is 232 g/mol. The van der Waals surface area contributed by atoms with Gasteiger partial charge in [0.1, 0.15) is 5.75 Å². The lowest BCUT2D eigenvalue weighted by Gasteiger charge is -2.04. The van der Waals surface area contributed by atoms with Crippen molar-refractivity contribution in [2.75, 3.05) is 14.2 Å². The zero-order valence-corrected chi connectivity index (χ0v) is 10.1. The Morgan fingerprint density at radius 1 is 1.22 bits per heavy atom. The Bertz CT molecular complexity index is 570. The van der Waals surface area contributed by atoms with Gasteiger partial charge in [0.25, 0.3) is 0 Å². The van der Waals surface area contributed by atoms with Crippen LogP contribution in [0.4, 0.5) is 0 Å². The minimum atomic E-state index is -0.485. The number of hydrogen-bond acceptors (Lipinski definition) is 5. The number of hydrogen-bond donors (Lipinski definition) is 0. The zero-order chi connectivity index (χ0) is 13.0. The van der Waals surface area contributed by atoms with Crippen molar-refractivity contribution in [3.8, 4) is 17.1 Å². The third-order valence-electron chi connectivity index (χ3n) is 2.38. The summed E-state index contributed by atoms with van der Waals surface area (Å²) < 4.78 is 9.75. The van der Waals surface area contributed by atoms with Crippen LogP contribution in [0.1, 0.15) is 10.5 Å². The first-order chi connectivity index (χ1) is 8.74. The van der Waals surface area contributed by atoms with Crippen LogP contribution in [0, 0.1) is 0 Å². The molecule has 0 aliphatic heterocycles. The van der Waals surface area contributed by atoms with E-state index in [1.807, 2.05) is 18.2 Å². The number of carbonyl (C=O) groups is 1. The molecule has 2 aromatic rings. The fourth-order valence-electron chi connectivity index (χ4n) is 1.48. The number of methoxy groups -OCH3 is 2. The molecule has 0 saturated carbocycles. The molecule has 0 aliphatic rings. The predicted octanol–water partition coefficient (Wildman–Crippen LogP) is 1.94. The van der Waals surface area contributed by atoms with E-state index < -0.39 is 5.97 Å². The molecule has 5 nitrogen and oxygen atoms in total. The van der Waals surface area contributed by atoms with Crippen LogP contribution < -0.4 is 4.74 Å². The second-order valence-electron chi connectivity index (χ2n) is 3.49. The average molecular weight is 244 g/mol. The number of carbonyl (C=O) groups excluding carboxylic acids is 1. The molecule has 2 rings (SSSR count). The van der Waals surface area contributed by atoms with E-state index in [0.29, 0.717) is 11.6 Å². The van der Waals surface area contributed by atoms with Crippen molar-refractivity contribution in [1.29, 1.82) is 0 Å². The summed E-state index contributed by atoms with van der Waals surface area (Å²) in [5.74, 6) is 0.679. The molecule has 0 saturated heterocycles. The summed E-state index contributed by atoms with van der Waals surface area (Å²) in [6.45, 7) is 0. The second kappa shape index (κ2) is 5.27. The molecule has 0 unspecified atom stereocenters. The fraction of sp³-hybridized carbons (Fsp3) is 0.154. The normalized spacial score (nSPS) is 9.89. The Balaban J connectivity index is 2.41. The van der Waals surface area contributed by atoms with Crippen molar-refractivity contribution in [3.05, 3.63) is 42.2 Å². The summed E-state index contributed by atoms with van der Waals surface area (Å²) in [6, 6.07) is 8.82. The van der Waals surface area contributed by atoms with Crippen LogP contribution in [0.25, 0.3) is 11.4 Å². The molecule has 92 valence electrons. The summed E-state index contributed by atoms with van der Waals surface area (Å²) in [4.78, 5) is 19.7. The Kier molecular flexibility index (Phi) is 3.52. The Labute approximate surface area is 104 Å². The Hall–Kier alpha value is -2.43. The van der Waals surface area contributed by atoms with Gasteiger partial charge in [-0.2, -0.15) is 0 Å². The van der Waals surface area contributed by atoms with Crippen LogP contribution in [0.3, 0.4) is 0 Å². The third-order valence-corrected chi connectivity index (χ3v) is 2.38. The summed E-state index contributed by atoms with van der Waals surface area (Å²) >= 11 is 0. The van der Waals surface area contributed by atoms with Gasteiger partial charge in [0.15, 0.2) is 11.5 Å². The number of ether oxygens (including phenoxy) is 2. The maximum atomic E-state index is 11.4. The first-order valence-electron chi connectivity index (χ1n) is 5.30. The van der Waals surface area contributed by atoms with Gasteiger partial charge in [-0.05, 0) is 18.2 Å². The molecule has 0 N–H and O–H groups in total. The minimum absolute atomic E-state index is 0.227. The highest BCUT2D eigenvalue weighted by molar-refractivity contribution is 5.87. The van der Waals surface area contributed by atoms with Crippen molar-refractivity contribution in [1.82, 2.24) is 9.97 Å². The van der Waals surface area contributed by atoms with Crippen LogP contribution in [0.5, 0.6) is 5.75 Å². The molecule has 0 bridgehead atoms. The Morgan fingerprint density at radius 3 is 2.78 bits per heavy atom. The first-order valence-corrected chi connectivity index (χ1v) is 5.30. The van der Waals surface area contributed by atoms with Crippen LogP contribution >= 0.6 is 0 Å². The zero-order valence-electron chi connectivity index (χ0n) is 10.1. The molecule has 0 atom stereocenters. The van der Waals surface area contributed by atoms with E-state index in [0.717, 1.165) is 5.56 Å². The van der Waals surface area contributed by atoms with Gasteiger partial charge in [-0.25, -0.2) is 14.8 Å². The van der Waals surface area contributed by atoms with Gasteiger partial charge in [-0.3, -0.25) is 0 Å². The van der Waals surface area contributed by atoms with E-state index in [1.54, 1.807) is 13.2 Å². The van der Waals surface area contributed by atoms with Gasteiger partial charge in [0.2, 0.25) is 0 Å². The summed E-state index contributed by atoms with van der Waals surface area (Å²) in [7, 11) is 2.90. The lowest BCUT2D eigenvalue weighted by atomic mass is 10.2. The van der Waals surface area contributed by atoms with Gasteiger partial charge in [0, 0.05) is 11.8 Å². The van der Waals surface area contributed by atoms with E-state index in [1.165, 1.54) is 19.4 Å². The average Bonchev–Trinajstić information content (AvgIpc) is 2.46. The van der Waals surface area contributed by atoms with Gasteiger partial charge in [-0.15, -0.1) is 0 Å². The third kappa shape index (κ3) is 2.45. The van der Waals surface area contributed by atoms with Gasteiger partial charge in [0.05, 0.1) is 14.2 Å². The smallest absolute Gasteiger partial charge is 0.356 e. The summed E-state index contributed by atoms with van der Waals surface area (Å²) in [6.07, 6.45) is 1.52. The highest BCUT2D eigenvalue weighted by atomic mass is 16.5. The number of esters is 1. The van der Waals surface area contributed by atoms with Crippen LogP contribution in [-0.4, -0.2) is 30.2 Å². The van der Waals surface area contributed by atoms with Gasteiger partial charge in [-0.1, -0.05) is 12.1 Å².